The second-order valence-electron chi connectivity index (χ2n) is 6.13. The summed E-state index contributed by atoms with van der Waals surface area (Å²) in [5, 5.41) is 3.43. The van der Waals surface area contributed by atoms with E-state index < -0.39 is 0 Å². The van der Waals surface area contributed by atoms with Crippen LogP contribution in [0.2, 0.25) is 0 Å². The van der Waals surface area contributed by atoms with Crippen molar-refractivity contribution in [2.24, 2.45) is 22.6 Å². The fourth-order valence-electron chi connectivity index (χ4n) is 2.75. The first kappa shape index (κ1) is 16.8. The zero-order valence-corrected chi connectivity index (χ0v) is 13.2. The number of nitrogens with one attached hydrogen (secondary N) is 1. The number of carbonyl (C=O) groups is 1. The molecule has 0 saturated carbocycles. The van der Waals surface area contributed by atoms with Crippen LogP contribution in [-0.2, 0) is 4.79 Å². The van der Waals surface area contributed by atoms with Crippen LogP contribution in [0.15, 0.2) is 4.99 Å². The lowest BCUT2D eigenvalue weighted by atomic mass is 9.95. The predicted molar refractivity (Wildman–Crippen MR) is 83.5 cm³/mol. The van der Waals surface area contributed by atoms with Gasteiger partial charge in [-0.25, -0.2) is 0 Å². The molecule has 1 rings (SSSR count). The van der Waals surface area contributed by atoms with E-state index in [0.717, 1.165) is 50.8 Å². The molecule has 0 aromatic carbocycles. The van der Waals surface area contributed by atoms with Crippen LogP contribution in [0, 0.1) is 11.8 Å². The van der Waals surface area contributed by atoms with Gasteiger partial charge in [-0.2, -0.15) is 0 Å². The number of piperidine rings is 1. The molecular weight excluding hydrogens is 252 g/mol. The first-order valence-electron chi connectivity index (χ1n) is 7.76. The Morgan fingerprint density at radius 3 is 2.85 bits per heavy atom. The second-order valence-corrected chi connectivity index (χ2v) is 6.13. The van der Waals surface area contributed by atoms with Crippen LogP contribution in [0.25, 0.3) is 0 Å². The predicted octanol–water partition coefficient (Wildman–Crippen LogP) is 1.59. The Morgan fingerprint density at radius 2 is 2.25 bits per heavy atom. The van der Waals surface area contributed by atoms with Gasteiger partial charge in [-0.3, -0.25) is 9.79 Å². The van der Waals surface area contributed by atoms with Gasteiger partial charge in [0.05, 0.1) is 0 Å². The SMILES string of the molecule is CN=C(NCCCC(C)C)N1CCCC(CC(N)=O)C1. The van der Waals surface area contributed by atoms with Crippen molar-refractivity contribution in [2.45, 2.75) is 46.0 Å². The molecule has 5 nitrogen and oxygen atoms in total. The summed E-state index contributed by atoms with van der Waals surface area (Å²) in [5.41, 5.74) is 5.30. The van der Waals surface area contributed by atoms with Gasteiger partial charge in [0.1, 0.15) is 0 Å². The minimum absolute atomic E-state index is 0.197. The number of aliphatic imine (C=N–C) groups is 1. The first-order chi connectivity index (χ1) is 9.52. The molecule has 1 unspecified atom stereocenters. The van der Waals surface area contributed by atoms with Gasteiger partial charge >= 0.3 is 0 Å². The summed E-state index contributed by atoms with van der Waals surface area (Å²) < 4.78 is 0. The van der Waals surface area contributed by atoms with E-state index in [4.69, 9.17) is 5.73 Å². The lowest BCUT2D eigenvalue weighted by Crippen LogP contribution is -2.47. The highest BCUT2D eigenvalue weighted by atomic mass is 16.1. The maximum atomic E-state index is 11.0. The smallest absolute Gasteiger partial charge is 0.217 e. The number of likely N-dealkylation sites (tertiary alicyclic amines) is 1. The zero-order chi connectivity index (χ0) is 15.0. The minimum atomic E-state index is -0.197. The van der Waals surface area contributed by atoms with Crippen LogP contribution in [0.3, 0.4) is 0 Å². The minimum Gasteiger partial charge on any atom is -0.370 e. The van der Waals surface area contributed by atoms with Crippen molar-refractivity contribution < 1.29 is 4.79 Å². The Balaban J connectivity index is 2.38. The van der Waals surface area contributed by atoms with Crippen molar-refractivity contribution in [1.29, 1.82) is 0 Å². The summed E-state index contributed by atoms with van der Waals surface area (Å²) in [4.78, 5) is 17.7. The average Bonchev–Trinajstić information content (AvgIpc) is 2.38. The Kier molecular flexibility index (Phi) is 7.41. The highest BCUT2D eigenvalue weighted by Gasteiger charge is 2.23. The molecule has 5 heteroatoms. The maximum absolute atomic E-state index is 11.0. The van der Waals surface area contributed by atoms with E-state index in [1.54, 1.807) is 0 Å². The number of nitrogens with zero attached hydrogens (tertiary/aromatic N) is 2. The van der Waals surface area contributed by atoms with E-state index in [-0.39, 0.29) is 5.91 Å². The molecule has 0 aliphatic carbocycles. The van der Waals surface area contributed by atoms with E-state index >= 15 is 0 Å². The number of nitrogens with two attached hydrogens (primary N) is 1. The molecule has 0 aromatic heterocycles. The van der Waals surface area contributed by atoms with Crippen molar-refractivity contribution in [3.05, 3.63) is 0 Å². The first-order valence-corrected chi connectivity index (χ1v) is 7.76. The molecule has 0 radical (unpaired) electrons. The highest BCUT2D eigenvalue weighted by Crippen LogP contribution is 2.19. The van der Waals surface area contributed by atoms with Crippen LogP contribution in [0.4, 0.5) is 0 Å². The standard InChI is InChI=1S/C15H30N4O/c1-12(2)6-4-8-18-15(17-3)19-9-5-7-13(11-19)10-14(16)20/h12-13H,4-11H2,1-3H3,(H2,16,20)(H,17,18). The van der Waals surface area contributed by atoms with Crippen LogP contribution < -0.4 is 11.1 Å². The quantitative estimate of drug-likeness (QED) is 0.441. The summed E-state index contributed by atoms with van der Waals surface area (Å²) in [6.07, 6.45) is 5.07. The van der Waals surface area contributed by atoms with Crippen molar-refractivity contribution in [3.8, 4) is 0 Å². The van der Waals surface area contributed by atoms with Gasteiger partial charge in [0, 0.05) is 33.1 Å². The largest absolute Gasteiger partial charge is 0.370 e. The fraction of sp³-hybridized carbons (Fsp3) is 0.867. The van der Waals surface area contributed by atoms with E-state index in [1.165, 1.54) is 6.42 Å². The third-order valence-electron chi connectivity index (χ3n) is 3.76. The summed E-state index contributed by atoms with van der Waals surface area (Å²) in [6, 6.07) is 0. The van der Waals surface area contributed by atoms with Crippen molar-refractivity contribution in [3.63, 3.8) is 0 Å². The second kappa shape index (κ2) is 8.82. The van der Waals surface area contributed by atoms with Gasteiger partial charge in [-0.05, 0) is 37.5 Å². The molecule has 116 valence electrons. The highest BCUT2D eigenvalue weighted by molar-refractivity contribution is 5.80. The molecule has 0 aromatic rings. The molecule has 1 fully saturated rings. The van der Waals surface area contributed by atoms with E-state index in [2.05, 4.69) is 29.1 Å². The van der Waals surface area contributed by atoms with Crippen molar-refractivity contribution in [2.75, 3.05) is 26.7 Å². The molecule has 0 spiro atoms. The number of hydrogen-bond acceptors (Lipinski definition) is 2. The molecule has 1 aliphatic heterocycles. The number of primary amides is 1. The van der Waals surface area contributed by atoms with E-state index in [0.29, 0.717) is 12.3 Å². The van der Waals surface area contributed by atoms with Gasteiger partial charge in [0.15, 0.2) is 5.96 Å². The topological polar surface area (TPSA) is 70.7 Å². The lowest BCUT2D eigenvalue weighted by molar-refractivity contribution is -0.119. The lowest BCUT2D eigenvalue weighted by Gasteiger charge is -2.34. The Labute approximate surface area is 123 Å². The molecule has 1 saturated heterocycles. The number of amides is 1. The Hall–Kier alpha value is -1.26. The third-order valence-corrected chi connectivity index (χ3v) is 3.76. The number of guanidine groups is 1. The Bertz CT molecular complexity index is 328. The van der Waals surface area contributed by atoms with Gasteiger partial charge in [0.25, 0.3) is 0 Å². The normalized spacial score (nSPS) is 20.3. The zero-order valence-electron chi connectivity index (χ0n) is 13.2. The van der Waals surface area contributed by atoms with E-state index in [1.807, 2.05) is 7.05 Å². The van der Waals surface area contributed by atoms with Gasteiger partial charge in [-0.15, -0.1) is 0 Å². The number of rotatable bonds is 6. The van der Waals surface area contributed by atoms with Crippen LogP contribution in [-0.4, -0.2) is 43.4 Å². The molecule has 1 aliphatic rings. The van der Waals surface area contributed by atoms with Crippen molar-refractivity contribution in [1.82, 2.24) is 10.2 Å². The monoisotopic (exact) mass is 282 g/mol. The molecule has 1 atom stereocenters. The molecule has 0 bridgehead atoms. The van der Waals surface area contributed by atoms with E-state index in [9.17, 15) is 4.79 Å². The summed E-state index contributed by atoms with van der Waals surface area (Å²) in [6.45, 7) is 7.34. The van der Waals surface area contributed by atoms with Crippen LogP contribution in [0.1, 0.15) is 46.0 Å². The molecular formula is C15H30N4O. The number of carbonyl (C=O) groups excluding carboxylic acids is 1. The molecule has 1 heterocycles. The maximum Gasteiger partial charge on any atom is 0.217 e. The average molecular weight is 282 g/mol. The van der Waals surface area contributed by atoms with Crippen LogP contribution >= 0.6 is 0 Å². The summed E-state index contributed by atoms with van der Waals surface area (Å²) in [7, 11) is 1.82. The fourth-order valence-corrected chi connectivity index (χ4v) is 2.75. The third kappa shape index (κ3) is 6.26. The summed E-state index contributed by atoms with van der Waals surface area (Å²) in [5.74, 6) is 1.88. The van der Waals surface area contributed by atoms with Crippen LogP contribution in [0.5, 0.6) is 0 Å². The molecule has 1 amide bonds. The number of hydrogen-bond donors (Lipinski definition) is 2. The molecule has 3 N–H and O–H groups in total. The van der Waals surface area contributed by atoms with Gasteiger partial charge in [-0.1, -0.05) is 13.8 Å². The summed E-state index contributed by atoms with van der Waals surface area (Å²) >= 11 is 0. The van der Waals surface area contributed by atoms with Crippen molar-refractivity contribution >= 4 is 11.9 Å². The van der Waals surface area contributed by atoms with Gasteiger partial charge in [0.2, 0.25) is 5.91 Å². The molecule has 20 heavy (non-hydrogen) atoms. The van der Waals surface area contributed by atoms with Gasteiger partial charge < -0.3 is 16.0 Å². The Morgan fingerprint density at radius 1 is 1.50 bits per heavy atom.